The Morgan fingerprint density at radius 3 is 2.21 bits per heavy atom. The highest BCUT2D eigenvalue weighted by molar-refractivity contribution is 5.04. The average molecular weight is 404 g/mol. The van der Waals surface area contributed by atoms with E-state index in [4.69, 9.17) is 5.73 Å². The van der Waals surface area contributed by atoms with Crippen LogP contribution in [0.3, 0.4) is 0 Å². The summed E-state index contributed by atoms with van der Waals surface area (Å²) in [6, 6.07) is 0.472. The van der Waals surface area contributed by atoms with Gasteiger partial charge >= 0.3 is 0 Å². The minimum absolute atomic E-state index is 0.467. The summed E-state index contributed by atoms with van der Waals surface area (Å²) in [4.78, 5) is 0. The van der Waals surface area contributed by atoms with Crippen LogP contribution in [0.4, 0.5) is 0 Å². The van der Waals surface area contributed by atoms with Crippen LogP contribution in [-0.4, -0.2) is 6.04 Å². The lowest BCUT2D eigenvalue weighted by molar-refractivity contribution is -0.0576. The van der Waals surface area contributed by atoms with E-state index >= 15 is 0 Å². The standard InChI is InChI=1S/C28H53N/c1-18(2)15-19(3)20(4)21(5)25-12-10-22-9-11-23-16-24(29)13-14-28(23,8)26(22)17-27(25,6)7/h18-26H,9-17,29H2,1-8H3. The zero-order chi connectivity index (χ0) is 21.6. The smallest absolute Gasteiger partial charge is 0.00418 e. The maximum absolute atomic E-state index is 6.41. The molecule has 3 fully saturated rings. The van der Waals surface area contributed by atoms with Crippen LogP contribution in [0.1, 0.15) is 113 Å². The fraction of sp³-hybridized carbons (Fsp3) is 1.00. The molecule has 29 heavy (non-hydrogen) atoms. The van der Waals surface area contributed by atoms with Crippen molar-refractivity contribution in [1.29, 1.82) is 0 Å². The van der Waals surface area contributed by atoms with Gasteiger partial charge in [-0.15, -0.1) is 0 Å². The fourth-order valence-corrected chi connectivity index (χ4v) is 8.61. The lowest BCUT2D eigenvalue weighted by Crippen LogP contribution is -2.50. The van der Waals surface area contributed by atoms with Crippen LogP contribution in [0, 0.1) is 58.2 Å². The number of nitrogens with two attached hydrogens (primary N) is 1. The molecule has 2 N–H and O–H groups in total. The first-order valence-corrected chi connectivity index (χ1v) is 13.2. The molecule has 3 saturated carbocycles. The summed E-state index contributed by atoms with van der Waals surface area (Å²) in [5.74, 6) is 7.01. The van der Waals surface area contributed by atoms with E-state index in [-0.39, 0.29) is 0 Å². The van der Waals surface area contributed by atoms with E-state index < -0.39 is 0 Å². The van der Waals surface area contributed by atoms with Gasteiger partial charge in [-0.1, -0.05) is 55.4 Å². The van der Waals surface area contributed by atoms with Crippen molar-refractivity contribution < 1.29 is 0 Å². The van der Waals surface area contributed by atoms with Crippen molar-refractivity contribution in [2.75, 3.05) is 0 Å². The summed E-state index contributed by atoms with van der Waals surface area (Å²) in [5.41, 5.74) is 7.44. The Hall–Kier alpha value is -0.0400. The lowest BCUT2D eigenvalue weighted by Gasteiger charge is -2.56. The van der Waals surface area contributed by atoms with Crippen molar-refractivity contribution in [2.45, 2.75) is 119 Å². The van der Waals surface area contributed by atoms with Crippen molar-refractivity contribution >= 4 is 0 Å². The van der Waals surface area contributed by atoms with E-state index in [0.29, 0.717) is 16.9 Å². The molecule has 0 amide bonds. The molecule has 0 saturated heterocycles. The number of rotatable bonds is 5. The van der Waals surface area contributed by atoms with Crippen LogP contribution in [0.5, 0.6) is 0 Å². The molecule has 0 heterocycles. The van der Waals surface area contributed by atoms with Crippen molar-refractivity contribution in [1.82, 2.24) is 0 Å². The van der Waals surface area contributed by atoms with Gasteiger partial charge in [0.1, 0.15) is 0 Å². The van der Waals surface area contributed by atoms with Gasteiger partial charge in [0.2, 0.25) is 0 Å². The molecule has 1 nitrogen and oxygen atoms in total. The predicted octanol–water partition coefficient (Wildman–Crippen LogP) is 7.93. The van der Waals surface area contributed by atoms with Crippen molar-refractivity contribution in [3.8, 4) is 0 Å². The summed E-state index contributed by atoms with van der Waals surface area (Å²) in [5, 5.41) is 0. The van der Waals surface area contributed by atoms with E-state index in [1.807, 2.05) is 0 Å². The number of fused-ring (bicyclic) bond motifs is 3. The first kappa shape index (κ1) is 23.6. The zero-order valence-electron chi connectivity index (χ0n) is 21.1. The molecular formula is C28H53N. The van der Waals surface area contributed by atoms with E-state index in [9.17, 15) is 0 Å². The highest BCUT2D eigenvalue weighted by Crippen LogP contribution is 2.62. The highest BCUT2D eigenvalue weighted by atomic mass is 14.7. The third-order valence-corrected chi connectivity index (χ3v) is 10.7. The molecule has 0 radical (unpaired) electrons. The second kappa shape index (κ2) is 8.84. The molecule has 3 rings (SSSR count). The van der Waals surface area contributed by atoms with Crippen molar-refractivity contribution in [3.05, 3.63) is 0 Å². The van der Waals surface area contributed by atoms with E-state index in [2.05, 4.69) is 55.4 Å². The van der Waals surface area contributed by atoms with Gasteiger partial charge in [-0.05, 0) is 116 Å². The normalized spacial score (nSPS) is 43.0. The minimum Gasteiger partial charge on any atom is -0.328 e. The maximum Gasteiger partial charge on any atom is 0.00418 e. The Bertz CT molecular complexity index is 536. The third-order valence-electron chi connectivity index (χ3n) is 10.7. The zero-order valence-corrected chi connectivity index (χ0v) is 21.1. The van der Waals surface area contributed by atoms with E-state index in [0.717, 1.165) is 47.3 Å². The Morgan fingerprint density at radius 2 is 1.55 bits per heavy atom. The molecule has 1 heteroatoms. The Labute approximate surface area is 183 Å². The minimum atomic E-state index is 0.467. The second-order valence-corrected chi connectivity index (χ2v) is 13.4. The SMILES string of the molecule is CC(C)CC(C)C(C)C(C)C1CCC2CCC3CC(N)CCC3(C)C2CC1(C)C. The first-order chi connectivity index (χ1) is 13.5. The van der Waals surface area contributed by atoms with Gasteiger partial charge in [-0.2, -0.15) is 0 Å². The molecule has 0 bridgehead atoms. The molecule has 0 aromatic heterocycles. The molecule has 9 unspecified atom stereocenters. The quantitative estimate of drug-likeness (QED) is 0.495. The first-order valence-electron chi connectivity index (χ1n) is 13.2. The van der Waals surface area contributed by atoms with Crippen LogP contribution in [0.25, 0.3) is 0 Å². The summed E-state index contributed by atoms with van der Waals surface area (Å²) in [7, 11) is 0. The molecule has 0 aromatic rings. The Morgan fingerprint density at radius 1 is 0.897 bits per heavy atom. The summed E-state index contributed by atoms with van der Waals surface area (Å²) < 4.78 is 0. The lowest BCUT2D eigenvalue weighted by atomic mass is 9.50. The maximum atomic E-state index is 6.41. The van der Waals surface area contributed by atoms with Gasteiger partial charge in [0.05, 0.1) is 0 Å². The van der Waals surface area contributed by atoms with Crippen LogP contribution >= 0.6 is 0 Å². The number of hydrogen-bond acceptors (Lipinski definition) is 1. The van der Waals surface area contributed by atoms with Gasteiger partial charge in [0.25, 0.3) is 0 Å². The molecule has 3 aliphatic rings. The molecule has 0 spiro atoms. The highest BCUT2D eigenvalue weighted by Gasteiger charge is 2.53. The Balaban J connectivity index is 1.78. The van der Waals surface area contributed by atoms with Gasteiger partial charge in [-0.25, -0.2) is 0 Å². The second-order valence-electron chi connectivity index (χ2n) is 13.4. The van der Waals surface area contributed by atoms with E-state index in [1.54, 1.807) is 0 Å². The van der Waals surface area contributed by atoms with Gasteiger partial charge in [0.15, 0.2) is 0 Å². The summed E-state index contributed by atoms with van der Waals surface area (Å²) in [6.07, 6.45) is 12.7. The topological polar surface area (TPSA) is 26.0 Å². The van der Waals surface area contributed by atoms with Crippen LogP contribution in [0.2, 0.25) is 0 Å². The molecule has 170 valence electrons. The van der Waals surface area contributed by atoms with Crippen LogP contribution < -0.4 is 5.73 Å². The number of hydrogen-bond donors (Lipinski definition) is 1. The monoisotopic (exact) mass is 403 g/mol. The molecule has 0 aromatic carbocycles. The Kier molecular flexibility index (Phi) is 7.20. The fourth-order valence-electron chi connectivity index (χ4n) is 8.61. The third kappa shape index (κ3) is 4.75. The molecule has 0 aliphatic heterocycles. The van der Waals surface area contributed by atoms with Crippen LogP contribution in [-0.2, 0) is 0 Å². The van der Waals surface area contributed by atoms with Crippen molar-refractivity contribution in [3.63, 3.8) is 0 Å². The predicted molar refractivity (Wildman–Crippen MR) is 128 cm³/mol. The summed E-state index contributed by atoms with van der Waals surface area (Å²) >= 11 is 0. The van der Waals surface area contributed by atoms with E-state index in [1.165, 1.54) is 57.8 Å². The largest absolute Gasteiger partial charge is 0.328 e. The van der Waals surface area contributed by atoms with Gasteiger partial charge < -0.3 is 5.73 Å². The molecule has 3 aliphatic carbocycles. The molecular weight excluding hydrogens is 350 g/mol. The average Bonchev–Trinajstić information content (AvgIpc) is 2.76. The summed E-state index contributed by atoms with van der Waals surface area (Å²) in [6.45, 7) is 20.4. The van der Waals surface area contributed by atoms with Crippen molar-refractivity contribution in [2.24, 2.45) is 63.9 Å². The van der Waals surface area contributed by atoms with Gasteiger partial charge in [-0.3, -0.25) is 0 Å². The van der Waals surface area contributed by atoms with Crippen LogP contribution in [0.15, 0.2) is 0 Å². The van der Waals surface area contributed by atoms with Gasteiger partial charge in [0, 0.05) is 6.04 Å². The molecule has 9 atom stereocenters.